The number of urea groups is 1. The van der Waals surface area contributed by atoms with E-state index in [1.54, 1.807) is 0 Å². The number of amides is 3. The fraction of sp³-hybridized carbons (Fsp3) is 0.900. The third kappa shape index (κ3) is 4.51. The topological polar surface area (TPSA) is 47.1 Å². The lowest BCUT2D eigenvalue weighted by Gasteiger charge is -2.49. The van der Waals surface area contributed by atoms with Crippen LogP contribution in [0.15, 0.2) is 0 Å². The SMILES string of the molecule is CC(C)CCN1C[C@]2(CCCN(C(=O)N3CCN(C)CC3)C2)CCC1=O. The number of likely N-dealkylation sites (N-methyl/N-ethyl adjacent to an activating group) is 1. The Morgan fingerprint density at radius 3 is 2.46 bits per heavy atom. The van der Waals surface area contributed by atoms with Crippen LogP contribution in [0.5, 0.6) is 0 Å². The number of piperazine rings is 1. The van der Waals surface area contributed by atoms with E-state index in [2.05, 4.69) is 35.6 Å². The van der Waals surface area contributed by atoms with Crippen LogP contribution in [-0.4, -0.2) is 90.9 Å². The van der Waals surface area contributed by atoms with Gasteiger partial charge in [0.05, 0.1) is 0 Å². The minimum absolute atomic E-state index is 0.116. The molecule has 1 atom stereocenters. The van der Waals surface area contributed by atoms with Crippen molar-refractivity contribution in [1.82, 2.24) is 19.6 Å². The number of likely N-dealkylation sites (tertiary alicyclic amines) is 2. The van der Waals surface area contributed by atoms with Gasteiger partial charge in [-0.3, -0.25) is 4.79 Å². The highest BCUT2D eigenvalue weighted by atomic mass is 16.2. The monoisotopic (exact) mass is 364 g/mol. The van der Waals surface area contributed by atoms with Gasteiger partial charge in [0.1, 0.15) is 0 Å². The summed E-state index contributed by atoms with van der Waals surface area (Å²) in [6, 6.07) is 0.211. The highest BCUT2D eigenvalue weighted by Gasteiger charge is 2.43. The van der Waals surface area contributed by atoms with Crippen LogP contribution in [0.1, 0.15) is 46.0 Å². The molecule has 148 valence electrons. The lowest BCUT2D eigenvalue weighted by Crippen LogP contribution is -2.58. The summed E-state index contributed by atoms with van der Waals surface area (Å²) >= 11 is 0. The average Bonchev–Trinajstić information content (AvgIpc) is 2.63. The van der Waals surface area contributed by atoms with Crippen LogP contribution in [-0.2, 0) is 4.79 Å². The number of hydrogen-bond acceptors (Lipinski definition) is 3. The average molecular weight is 365 g/mol. The van der Waals surface area contributed by atoms with Crippen molar-refractivity contribution in [2.45, 2.75) is 46.0 Å². The molecule has 3 heterocycles. The lowest BCUT2D eigenvalue weighted by molar-refractivity contribution is -0.139. The molecule has 0 aromatic carbocycles. The van der Waals surface area contributed by atoms with Crippen molar-refractivity contribution >= 4 is 11.9 Å². The van der Waals surface area contributed by atoms with Crippen molar-refractivity contribution < 1.29 is 9.59 Å². The van der Waals surface area contributed by atoms with E-state index < -0.39 is 0 Å². The van der Waals surface area contributed by atoms with Gasteiger partial charge in [0.15, 0.2) is 0 Å². The molecule has 3 fully saturated rings. The molecule has 3 aliphatic rings. The Bertz CT molecular complexity index is 516. The first-order chi connectivity index (χ1) is 12.4. The first-order valence-electron chi connectivity index (χ1n) is 10.4. The molecule has 0 saturated carbocycles. The number of nitrogens with zero attached hydrogens (tertiary/aromatic N) is 4. The summed E-state index contributed by atoms with van der Waals surface area (Å²) in [7, 11) is 2.11. The molecule has 26 heavy (non-hydrogen) atoms. The number of carbonyl (C=O) groups is 2. The second-order valence-corrected chi connectivity index (χ2v) is 9.10. The van der Waals surface area contributed by atoms with E-state index >= 15 is 0 Å². The molecule has 3 amide bonds. The minimum atomic E-state index is 0.116. The second kappa shape index (κ2) is 8.15. The van der Waals surface area contributed by atoms with Gasteiger partial charge in [-0.1, -0.05) is 13.8 Å². The third-order valence-corrected chi connectivity index (χ3v) is 6.43. The Kier molecular flexibility index (Phi) is 6.10. The fourth-order valence-electron chi connectivity index (χ4n) is 4.62. The molecule has 0 radical (unpaired) electrons. The van der Waals surface area contributed by atoms with Crippen LogP contribution in [0, 0.1) is 11.3 Å². The van der Waals surface area contributed by atoms with Gasteiger partial charge in [0.2, 0.25) is 5.91 Å². The molecule has 0 unspecified atom stereocenters. The van der Waals surface area contributed by atoms with Crippen molar-refractivity contribution in [3.05, 3.63) is 0 Å². The molecule has 0 aromatic rings. The van der Waals surface area contributed by atoms with Gasteiger partial charge in [-0.15, -0.1) is 0 Å². The van der Waals surface area contributed by atoms with E-state index in [-0.39, 0.29) is 11.4 Å². The highest BCUT2D eigenvalue weighted by Crippen LogP contribution is 2.39. The number of carbonyl (C=O) groups excluding carboxylic acids is 2. The van der Waals surface area contributed by atoms with E-state index in [1.807, 2.05) is 4.90 Å². The molecule has 0 bridgehead atoms. The number of rotatable bonds is 3. The van der Waals surface area contributed by atoms with Crippen LogP contribution in [0.25, 0.3) is 0 Å². The van der Waals surface area contributed by atoms with Crippen molar-refractivity contribution in [2.24, 2.45) is 11.3 Å². The van der Waals surface area contributed by atoms with Crippen LogP contribution < -0.4 is 0 Å². The standard InChI is InChI=1S/C20H36N4O2/c1-17(2)6-10-23-15-20(8-5-18(23)25)7-4-9-24(16-20)19(26)22-13-11-21(3)12-14-22/h17H,4-16H2,1-3H3/t20-/m0/s1. The Hall–Kier alpha value is -1.30. The van der Waals surface area contributed by atoms with Gasteiger partial charge in [0, 0.05) is 64.2 Å². The largest absolute Gasteiger partial charge is 0.342 e. The zero-order valence-electron chi connectivity index (χ0n) is 16.9. The summed E-state index contributed by atoms with van der Waals surface area (Å²) < 4.78 is 0. The van der Waals surface area contributed by atoms with Gasteiger partial charge in [-0.05, 0) is 38.6 Å². The third-order valence-electron chi connectivity index (χ3n) is 6.43. The molecule has 3 rings (SSSR count). The molecular formula is C20H36N4O2. The fourth-order valence-corrected chi connectivity index (χ4v) is 4.62. The predicted molar refractivity (Wildman–Crippen MR) is 103 cm³/mol. The first kappa shape index (κ1) is 19.5. The molecule has 6 nitrogen and oxygen atoms in total. The van der Waals surface area contributed by atoms with Crippen LogP contribution in [0.4, 0.5) is 4.79 Å². The minimum Gasteiger partial charge on any atom is -0.342 e. The highest BCUT2D eigenvalue weighted by molar-refractivity contribution is 5.77. The van der Waals surface area contributed by atoms with Crippen LogP contribution in [0.2, 0.25) is 0 Å². The van der Waals surface area contributed by atoms with E-state index in [1.165, 1.54) is 0 Å². The maximum absolute atomic E-state index is 13.0. The van der Waals surface area contributed by atoms with Gasteiger partial charge in [0.25, 0.3) is 0 Å². The van der Waals surface area contributed by atoms with E-state index in [9.17, 15) is 9.59 Å². The summed E-state index contributed by atoms with van der Waals surface area (Å²) in [5.41, 5.74) is 0.116. The van der Waals surface area contributed by atoms with E-state index in [0.29, 0.717) is 18.2 Å². The Morgan fingerprint density at radius 1 is 1.04 bits per heavy atom. The van der Waals surface area contributed by atoms with E-state index in [0.717, 1.165) is 78.0 Å². The first-order valence-corrected chi connectivity index (χ1v) is 10.4. The molecular weight excluding hydrogens is 328 g/mol. The zero-order chi connectivity index (χ0) is 18.7. The molecule has 0 N–H and O–H groups in total. The second-order valence-electron chi connectivity index (χ2n) is 9.10. The predicted octanol–water partition coefficient (Wildman–Crippen LogP) is 2.10. The molecule has 3 aliphatic heterocycles. The van der Waals surface area contributed by atoms with Gasteiger partial charge in [-0.25, -0.2) is 4.79 Å². The number of hydrogen-bond donors (Lipinski definition) is 0. The van der Waals surface area contributed by atoms with Crippen molar-refractivity contribution in [3.8, 4) is 0 Å². The van der Waals surface area contributed by atoms with Gasteiger partial charge in [-0.2, -0.15) is 0 Å². The molecule has 0 aliphatic carbocycles. The molecule has 6 heteroatoms. The maximum atomic E-state index is 13.0. The smallest absolute Gasteiger partial charge is 0.320 e. The Balaban J connectivity index is 1.61. The summed E-state index contributed by atoms with van der Waals surface area (Å²) in [5.74, 6) is 0.918. The normalized spacial score (nSPS) is 28.3. The van der Waals surface area contributed by atoms with Crippen molar-refractivity contribution in [2.75, 3.05) is 59.4 Å². The van der Waals surface area contributed by atoms with Gasteiger partial charge < -0.3 is 19.6 Å². The van der Waals surface area contributed by atoms with Gasteiger partial charge >= 0.3 is 6.03 Å². The lowest BCUT2D eigenvalue weighted by atomic mass is 9.73. The van der Waals surface area contributed by atoms with Crippen LogP contribution in [0.3, 0.4) is 0 Å². The quantitative estimate of drug-likeness (QED) is 0.771. The maximum Gasteiger partial charge on any atom is 0.320 e. The number of piperidine rings is 2. The zero-order valence-corrected chi connectivity index (χ0v) is 16.9. The summed E-state index contributed by atoms with van der Waals surface area (Å²) in [4.78, 5) is 33.8. The summed E-state index contributed by atoms with van der Waals surface area (Å²) in [6.07, 6.45) is 4.85. The van der Waals surface area contributed by atoms with Crippen molar-refractivity contribution in [3.63, 3.8) is 0 Å². The Morgan fingerprint density at radius 2 is 1.77 bits per heavy atom. The van der Waals surface area contributed by atoms with E-state index in [4.69, 9.17) is 0 Å². The summed E-state index contributed by atoms with van der Waals surface area (Å²) in [5, 5.41) is 0. The molecule has 3 saturated heterocycles. The van der Waals surface area contributed by atoms with Crippen LogP contribution >= 0.6 is 0 Å². The molecule has 0 aromatic heterocycles. The Labute approximate surface area is 158 Å². The van der Waals surface area contributed by atoms with Crippen molar-refractivity contribution in [1.29, 1.82) is 0 Å². The summed E-state index contributed by atoms with van der Waals surface area (Å²) in [6.45, 7) is 11.4. The molecule has 1 spiro atoms.